The number of carbonyl (C=O) groups excluding carboxylic acids is 2. The van der Waals surface area contributed by atoms with E-state index in [2.05, 4.69) is 19.1 Å². The lowest BCUT2D eigenvalue weighted by atomic mass is 9.98. The number of hydrogen-bond acceptors (Lipinski definition) is 3. The summed E-state index contributed by atoms with van der Waals surface area (Å²) in [6, 6.07) is 0. The molecule has 0 bridgehead atoms. The third-order valence-electron chi connectivity index (χ3n) is 4.31. The Labute approximate surface area is 156 Å². The molecule has 4 heteroatoms. The molecule has 0 heterocycles. The van der Waals surface area contributed by atoms with E-state index in [-0.39, 0.29) is 11.7 Å². The summed E-state index contributed by atoms with van der Waals surface area (Å²) >= 11 is 6.03. The number of unbranched alkanes of at least 4 members (excludes halogenated alkanes) is 6. The van der Waals surface area contributed by atoms with Crippen molar-refractivity contribution < 1.29 is 14.3 Å². The van der Waals surface area contributed by atoms with Gasteiger partial charge in [-0.15, -0.1) is 0 Å². The molecule has 25 heavy (non-hydrogen) atoms. The Bertz CT molecular complexity index is 566. The van der Waals surface area contributed by atoms with Crippen LogP contribution in [-0.4, -0.2) is 18.8 Å². The number of methoxy groups -OCH3 is 1. The van der Waals surface area contributed by atoms with E-state index in [1.54, 1.807) is 5.94 Å². The van der Waals surface area contributed by atoms with Gasteiger partial charge in [-0.1, -0.05) is 62.1 Å². The fourth-order valence-corrected chi connectivity index (χ4v) is 3.06. The number of Topliss-reactive ketones (excluding diaryl/α,β-unsaturated/α-hetero) is 1. The molecule has 0 amide bonds. The minimum atomic E-state index is -0.0623. The van der Waals surface area contributed by atoms with Gasteiger partial charge in [0, 0.05) is 17.9 Å². The van der Waals surface area contributed by atoms with Crippen molar-refractivity contribution in [2.45, 2.75) is 64.7 Å². The molecule has 1 aliphatic rings. The molecule has 0 aromatic rings. The zero-order chi connectivity index (χ0) is 18.5. The second kappa shape index (κ2) is 12.7. The Morgan fingerprint density at radius 2 is 2.00 bits per heavy atom. The van der Waals surface area contributed by atoms with Gasteiger partial charge in [0.15, 0.2) is 11.7 Å². The van der Waals surface area contributed by atoms with E-state index in [4.69, 9.17) is 16.3 Å². The predicted molar refractivity (Wildman–Crippen MR) is 103 cm³/mol. The lowest BCUT2D eigenvalue weighted by molar-refractivity contribution is -0.111. The van der Waals surface area contributed by atoms with Gasteiger partial charge < -0.3 is 4.74 Å². The van der Waals surface area contributed by atoms with Crippen LogP contribution in [0.15, 0.2) is 40.7 Å². The third-order valence-corrected chi connectivity index (χ3v) is 4.61. The summed E-state index contributed by atoms with van der Waals surface area (Å²) in [6.07, 6.45) is 17.1. The quantitative estimate of drug-likeness (QED) is 0.147. The number of rotatable bonds is 12. The van der Waals surface area contributed by atoms with Crippen LogP contribution < -0.4 is 0 Å². The smallest absolute Gasteiger partial charge is 0.200 e. The molecule has 0 aromatic heterocycles. The summed E-state index contributed by atoms with van der Waals surface area (Å²) in [6.45, 7) is 2.20. The molecule has 0 saturated heterocycles. The van der Waals surface area contributed by atoms with Gasteiger partial charge in [0.05, 0.1) is 12.1 Å². The van der Waals surface area contributed by atoms with Gasteiger partial charge in [-0.25, -0.2) is 4.79 Å². The number of hydrogen-bond donors (Lipinski definition) is 0. The topological polar surface area (TPSA) is 43.4 Å². The lowest BCUT2D eigenvalue weighted by Crippen LogP contribution is -2.01. The van der Waals surface area contributed by atoms with Crippen molar-refractivity contribution in [1.82, 2.24) is 0 Å². The Morgan fingerprint density at radius 3 is 2.68 bits per heavy atom. The molecular formula is C21H29ClO3. The minimum Gasteiger partial charge on any atom is -0.490 e. The Balaban J connectivity index is 2.47. The maximum Gasteiger partial charge on any atom is 0.200 e. The van der Waals surface area contributed by atoms with Crippen LogP contribution >= 0.6 is 11.6 Å². The lowest BCUT2D eigenvalue weighted by Gasteiger charge is -2.05. The highest BCUT2D eigenvalue weighted by atomic mass is 35.5. The molecule has 0 aliphatic heterocycles. The number of carbonyl (C=O) groups is 1. The average Bonchev–Trinajstić information content (AvgIpc) is 2.88. The van der Waals surface area contributed by atoms with Crippen LogP contribution in [0, 0.1) is 5.92 Å². The van der Waals surface area contributed by atoms with Crippen molar-refractivity contribution in [3.63, 3.8) is 0 Å². The van der Waals surface area contributed by atoms with Gasteiger partial charge in [0.2, 0.25) is 5.78 Å². The van der Waals surface area contributed by atoms with Gasteiger partial charge in [0.25, 0.3) is 0 Å². The van der Waals surface area contributed by atoms with Gasteiger partial charge in [-0.3, -0.25) is 4.79 Å². The second-order valence-corrected chi connectivity index (χ2v) is 6.69. The highest BCUT2D eigenvalue weighted by Gasteiger charge is 2.26. The van der Waals surface area contributed by atoms with E-state index in [0.29, 0.717) is 17.2 Å². The second-order valence-electron chi connectivity index (χ2n) is 6.28. The summed E-state index contributed by atoms with van der Waals surface area (Å²) in [5, 5.41) is 0.317. The molecule has 1 atom stereocenters. The van der Waals surface area contributed by atoms with Crippen molar-refractivity contribution in [2.75, 3.05) is 7.11 Å². The van der Waals surface area contributed by atoms with E-state index >= 15 is 0 Å². The minimum absolute atomic E-state index is 0.00409. The molecule has 0 N–H and O–H groups in total. The van der Waals surface area contributed by atoms with Crippen LogP contribution in [0.1, 0.15) is 64.7 Å². The van der Waals surface area contributed by atoms with Crippen molar-refractivity contribution >= 4 is 23.3 Å². The molecule has 3 nitrogen and oxygen atoms in total. The average molecular weight is 365 g/mol. The van der Waals surface area contributed by atoms with Crippen LogP contribution in [0.2, 0.25) is 0 Å². The molecule has 1 rings (SSSR count). The van der Waals surface area contributed by atoms with Crippen molar-refractivity contribution in [1.29, 1.82) is 0 Å². The zero-order valence-electron chi connectivity index (χ0n) is 15.4. The van der Waals surface area contributed by atoms with Crippen LogP contribution in [-0.2, 0) is 14.3 Å². The fraction of sp³-hybridized carbons (Fsp3) is 0.571. The summed E-state index contributed by atoms with van der Waals surface area (Å²) in [5.41, 5.74) is 0.771. The maximum atomic E-state index is 12.2. The van der Waals surface area contributed by atoms with Gasteiger partial charge in [-0.05, 0) is 32.1 Å². The SMILES string of the molecule is CCCCCCC=C[C@@H]1C=C(Cl)C(=O)C1=CCCCCC(=C=O)OC. The Kier molecular flexibility index (Phi) is 10.9. The first-order valence-corrected chi connectivity index (χ1v) is 9.58. The maximum absolute atomic E-state index is 12.2. The highest BCUT2D eigenvalue weighted by molar-refractivity contribution is 6.46. The van der Waals surface area contributed by atoms with Crippen LogP contribution in [0.4, 0.5) is 0 Å². The zero-order valence-corrected chi connectivity index (χ0v) is 16.1. The monoisotopic (exact) mass is 364 g/mol. The van der Waals surface area contributed by atoms with Crippen LogP contribution in [0.5, 0.6) is 0 Å². The van der Waals surface area contributed by atoms with Crippen molar-refractivity contribution in [2.24, 2.45) is 5.92 Å². The van der Waals surface area contributed by atoms with E-state index in [0.717, 1.165) is 31.3 Å². The Hall–Kier alpha value is -1.57. The van der Waals surface area contributed by atoms with Gasteiger partial charge >= 0.3 is 0 Å². The molecule has 1 aliphatic carbocycles. The van der Waals surface area contributed by atoms with E-state index in [9.17, 15) is 9.59 Å². The summed E-state index contributed by atoms with van der Waals surface area (Å²) < 4.78 is 4.90. The van der Waals surface area contributed by atoms with E-state index in [1.807, 2.05) is 12.2 Å². The first-order chi connectivity index (χ1) is 12.1. The molecule has 138 valence electrons. The van der Waals surface area contributed by atoms with E-state index in [1.165, 1.54) is 32.8 Å². The highest BCUT2D eigenvalue weighted by Crippen LogP contribution is 2.31. The van der Waals surface area contributed by atoms with Gasteiger partial charge in [-0.2, -0.15) is 0 Å². The summed E-state index contributed by atoms with van der Waals surface area (Å²) in [4.78, 5) is 22.7. The third kappa shape index (κ3) is 7.90. The van der Waals surface area contributed by atoms with Crippen LogP contribution in [0.3, 0.4) is 0 Å². The largest absolute Gasteiger partial charge is 0.490 e. The normalized spacial score (nSPS) is 18.7. The molecular weight excluding hydrogens is 336 g/mol. The molecule has 0 fully saturated rings. The first kappa shape index (κ1) is 21.5. The molecule has 0 unspecified atom stereocenters. The number of allylic oxidation sites excluding steroid dienone is 7. The van der Waals surface area contributed by atoms with Crippen LogP contribution in [0.25, 0.3) is 0 Å². The van der Waals surface area contributed by atoms with E-state index < -0.39 is 0 Å². The number of halogens is 1. The number of ether oxygens (including phenoxy) is 1. The summed E-state index contributed by atoms with van der Waals surface area (Å²) in [7, 11) is 1.48. The number of ketones is 1. The standard InChI is InChI=1S/C21H29ClO3/c1-3-4-5-6-7-9-12-17-15-20(22)21(24)19(17)14-11-8-10-13-18(16-23)25-2/h9,12,14-15,17H,3-8,10-11,13H2,1-2H3/t17-/m1/s1. The molecule has 0 aromatic carbocycles. The molecule has 0 saturated carbocycles. The first-order valence-electron chi connectivity index (χ1n) is 9.20. The van der Waals surface area contributed by atoms with Crippen molar-refractivity contribution in [3.05, 3.63) is 40.7 Å². The predicted octanol–water partition coefficient (Wildman–Crippen LogP) is 5.68. The van der Waals surface area contributed by atoms with Crippen molar-refractivity contribution in [3.8, 4) is 0 Å². The fourth-order valence-electron chi connectivity index (χ4n) is 2.81. The molecule has 0 radical (unpaired) electrons. The van der Waals surface area contributed by atoms with Gasteiger partial charge in [0.1, 0.15) is 0 Å². The summed E-state index contributed by atoms with van der Waals surface area (Å²) in [5.74, 6) is 2.06. The molecule has 0 spiro atoms. The Morgan fingerprint density at radius 1 is 1.24 bits per heavy atom.